The first kappa shape index (κ1) is 14.0. The van der Waals surface area contributed by atoms with Crippen LogP contribution in [-0.4, -0.2) is 19.8 Å². The molecule has 3 rings (SSSR count). The standard InChI is InChI=1S/C18H21NO2/c1-12-8-9-14(10-13(12)2)18(19-3)17-11-20-15-6-4-5-7-16(15)21-17/h4-10,17-19H,11H2,1-3H3. The summed E-state index contributed by atoms with van der Waals surface area (Å²) in [4.78, 5) is 0. The molecule has 3 nitrogen and oxygen atoms in total. The number of benzene rings is 2. The summed E-state index contributed by atoms with van der Waals surface area (Å²) < 4.78 is 12.0. The molecule has 0 bridgehead atoms. The molecule has 2 aromatic rings. The average molecular weight is 283 g/mol. The van der Waals surface area contributed by atoms with Gasteiger partial charge in [-0.1, -0.05) is 30.3 Å². The minimum atomic E-state index is -0.0352. The van der Waals surface area contributed by atoms with E-state index >= 15 is 0 Å². The summed E-state index contributed by atoms with van der Waals surface area (Å²) in [5.74, 6) is 1.64. The number of hydrogen-bond acceptors (Lipinski definition) is 3. The quantitative estimate of drug-likeness (QED) is 0.936. The van der Waals surface area contributed by atoms with E-state index in [4.69, 9.17) is 9.47 Å². The number of hydrogen-bond donors (Lipinski definition) is 1. The summed E-state index contributed by atoms with van der Waals surface area (Å²) in [6.45, 7) is 4.82. The fourth-order valence-corrected chi connectivity index (χ4v) is 2.73. The van der Waals surface area contributed by atoms with Crippen molar-refractivity contribution < 1.29 is 9.47 Å². The molecule has 110 valence electrons. The summed E-state index contributed by atoms with van der Waals surface area (Å²) >= 11 is 0. The molecule has 0 saturated heterocycles. The van der Waals surface area contributed by atoms with Crippen LogP contribution in [0.5, 0.6) is 11.5 Å². The Morgan fingerprint density at radius 3 is 2.52 bits per heavy atom. The second kappa shape index (κ2) is 5.78. The Balaban J connectivity index is 1.86. The molecule has 0 aliphatic carbocycles. The van der Waals surface area contributed by atoms with E-state index in [1.54, 1.807) is 0 Å². The van der Waals surface area contributed by atoms with Gasteiger partial charge in [0.15, 0.2) is 17.6 Å². The fourth-order valence-electron chi connectivity index (χ4n) is 2.73. The molecule has 21 heavy (non-hydrogen) atoms. The SMILES string of the molecule is CNC(c1ccc(C)c(C)c1)C1COc2ccccc2O1. The summed E-state index contributed by atoms with van der Waals surface area (Å²) in [5, 5.41) is 3.36. The van der Waals surface area contributed by atoms with Gasteiger partial charge in [0.25, 0.3) is 0 Å². The molecule has 1 heterocycles. The molecule has 1 aliphatic rings. The zero-order chi connectivity index (χ0) is 14.8. The van der Waals surface area contributed by atoms with Crippen LogP contribution in [-0.2, 0) is 0 Å². The van der Waals surface area contributed by atoms with Crippen molar-refractivity contribution in [3.63, 3.8) is 0 Å². The van der Waals surface area contributed by atoms with Gasteiger partial charge in [0.1, 0.15) is 6.61 Å². The minimum Gasteiger partial charge on any atom is -0.486 e. The Morgan fingerprint density at radius 2 is 1.81 bits per heavy atom. The van der Waals surface area contributed by atoms with Crippen molar-refractivity contribution in [1.82, 2.24) is 5.32 Å². The molecule has 0 fully saturated rings. The monoisotopic (exact) mass is 283 g/mol. The van der Waals surface area contributed by atoms with Gasteiger partial charge < -0.3 is 14.8 Å². The molecule has 1 N–H and O–H groups in total. The molecular formula is C18H21NO2. The van der Waals surface area contributed by atoms with Crippen LogP contribution in [0.25, 0.3) is 0 Å². The second-order valence-electron chi connectivity index (χ2n) is 5.52. The third-order valence-corrected chi connectivity index (χ3v) is 4.10. The predicted octanol–water partition coefficient (Wildman–Crippen LogP) is 3.40. The maximum atomic E-state index is 6.12. The van der Waals surface area contributed by atoms with Gasteiger partial charge in [-0.15, -0.1) is 0 Å². The molecule has 0 radical (unpaired) electrons. The maximum Gasteiger partial charge on any atom is 0.161 e. The number of para-hydroxylation sites is 2. The van der Waals surface area contributed by atoms with Crippen molar-refractivity contribution in [2.75, 3.05) is 13.7 Å². The first-order valence-corrected chi connectivity index (χ1v) is 7.32. The van der Waals surface area contributed by atoms with Crippen LogP contribution in [0.1, 0.15) is 22.7 Å². The van der Waals surface area contributed by atoms with Gasteiger partial charge in [-0.05, 0) is 49.7 Å². The number of nitrogens with one attached hydrogen (secondary N) is 1. The zero-order valence-corrected chi connectivity index (χ0v) is 12.7. The second-order valence-corrected chi connectivity index (χ2v) is 5.52. The van der Waals surface area contributed by atoms with Crippen molar-refractivity contribution in [3.05, 3.63) is 59.2 Å². The third-order valence-electron chi connectivity index (χ3n) is 4.10. The van der Waals surface area contributed by atoms with E-state index in [-0.39, 0.29) is 12.1 Å². The molecule has 2 aromatic carbocycles. The lowest BCUT2D eigenvalue weighted by atomic mass is 9.97. The van der Waals surface area contributed by atoms with Gasteiger partial charge in [-0.25, -0.2) is 0 Å². The summed E-state index contributed by atoms with van der Waals surface area (Å²) in [6, 6.07) is 14.5. The van der Waals surface area contributed by atoms with Crippen molar-refractivity contribution in [1.29, 1.82) is 0 Å². The van der Waals surface area contributed by atoms with E-state index in [1.165, 1.54) is 16.7 Å². The van der Waals surface area contributed by atoms with Crippen LogP contribution in [0, 0.1) is 13.8 Å². The number of likely N-dealkylation sites (N-methyl/N-ethyl adjacent to an activating group) is 1. The lowest BCUT2D eigenvalue weighted by molar-refractivity contribution is 0.0638. The van der Waals surface area contributed by atoms with Crippen molar-refractivity contribution >= 4 is 0 Å². The van der Waals surface area contributed by atoms with E-state index in [0.717, 1.165) is 11.5 Å². The minimum absolute atomic E-state index is 0.0352. The van der Waals surface area contributed by atoms with Gasteiger partial charge in [-0.2, -0.15) is 0 Å². The lowest BCUT2D eigenvalue weighted by Gasteiger charge is -2.32. The number of rotatable bonds is 3. The van der Waals surface area contributed by atoms with E-state index in [0.29, 0.717) is 6.61 Å². The van der Waals surface area contributed by atoms with E-state index in [2.05, 4.69) is 37.4 Å². The number of aryl methyl sites for hydroxylation is 2. The Bertz CT molecular complexity index is 639. The molecule has 0 aromatic heterocycles. The summed E-state index contributed by atoms with van der Waals surface area (Å²) in [7, 11) is 1.96. The van der Waals surface area contributed by atoms with Crippen LogP contribution in [0.2, 0.25) is 0 Å². The summed E-state index contributed by atoms with van der Waals surface area (Å²) in [5.41, 5.74) is 3.83. The smallest absolute Gasteiger partial charge is 0.161 e. The third kappa shape index (κ3) is 2.74. The van der Waals surface area contributed by atoms with Crippen LogP contribution in [0.3, 0.4) is 0 Å². The molecule has 1 aliphatic heterocycles. The van der Waals surface area contributed by atoms with Gasteiger partial charge >= 0.3 is 0 Å². The normalized spacial score (nSPS) is 18.3. The van der Waals surface area contributed by atoms with Gasteiger partial charge in [0.2, 0.25) is 0 Å². The average Bonchev–Trinajstić information content (AvgIpc) is 2.51. The van der Waals surface area contributed by atoms with Crippen molar-refractivity contribution in [2.45, 2.75) is 26.0 Å². The number of fused-ring (bicyclic) bond motifs is 1. The Morgan fingerprint density at radius 1 is 1.05 bits per heavy atom. The fraction of sp³-hybridized carbons (Fsp3) is 0.333. The maximum absolute atomic E-state index is 6.12. The highest BCUT2D eigenvalue weighted by Gasteiger charge is 2.29. The molecular weight excluding hydrogens is 262 g/mol. The molecule has 0 saturated carbocycles. The van der Waals surface area contributed by atoms with E-state index in [9.17, 15) is 0 Å². The Labute approximate surface area is 125 Å². The molecule has 0 spiro atoms. The predicted molar refractivity (Wildman–Crippen MR) is 84.1 cm³/mol. The van der Waals surface area contributed by atoms with Crippen LogP contribution in [0.15, 0.2) is 42.5 Å². The Hall–Kier alpha value is -2.00. The van der Waals surface area contributed by atoms with Crippen LogP contribution < -0.4 is 14.8 Å². The van der Waals surface area contributed by atoms with Gasteiger partial charge in [0.05, 0.1) is 6.04 Å². The highest BCUT2D eigenvalue weighted by Crippen LogP contribution is 2.34. The van der Waals surface area contributed by atoms with E-state index < -0.39 is 0 Å². The first-order chi connectivity index (χ1) is 10.2. The van der Waals surface area contributed by atoms with Crippen molar-refractivity contribution in [3.8, 4) is 11.5 Å². The molecule has 2 atom stereocenters. The highest BCUT2D eigenvalue weighted by molar-refractivity contribution is 5.41. The first-order valence-electron chi connectivity index (χ1n) is 7.32. The molecule has 3 heteroatoms. The molecule has 0 amide bonds. The molecule has 2 unspecified atom stereocenters. The largest absolute Gasteiger partial charge is 0.486 e. The number of ether oxygens (including phenoxy) is 2. The zero-order valence-electron chi connectivity index (χ0n) is 12.7. The van der Waals surface area contributed by atoms with Crippen molar-refractivity contribution in [2.24, 2.45) is 0 Å². The highest BCUT2D eigenvalue weighted by atomic mass is 16.6. The van der Waals surface area contributed by atoms with Gasteiger partial charge in [-0.3, -0.25) is 0 Å². The lowest BCUT2D eigenvalue weighted by Crippen LogP contribution is -2.40. The van der Waals surface area contributed by atoms with E-state index in [1.807, 2.05) is 31.3 Å². The van der Waals surface area contributed by atoms with Gasteiger partial charge in [0, 0.05) is 0 Å². The van der Waals surface area contributed by atoms with Crippen LogP contribution >= 0.6 is 0 Å². The Kier molecular flexibility index (Phi) is 3.84. The van der Waals surface area contributed by atoms with Crippen LogP contribution in [0.4, 0.5) is 0 Å². The topological polar surface area (TPSA) is 30.5 Å². The summed E-state index contributed by atoms with van der Waals surface area (Å²) in [6.07, 6.45) is -0.0352.